The van der Waals surface area contributed by atoms with E-state index in [2.05, 4.69) is 22.4 Å². The maximum atomic E-state index is 11.6. The molecule has 1 amide bonds. The molecule has 1 atom stereocenters. The lowest BCUT2D eigenvalue weighted by molar-refractivity contribution is -0.121. The molecule has 0 saturated heterocycles. The lowest BCUT2D eigenvalue weighted by Gasteiger charge is -2.12. The highest BCUT2D eigenvalue weighted by atomic mass is 16.1. The third-order valence-corrected chi connectivity index (χ3v) is 2.97. The summed E-state index contributed by atoms with van der Waals surface area (Å²) >= 11 is 0. The molecule has 0 radical (unpaired) electrons. The molecule has 1 unspecified atom stereocenters. The third-order valence-electron chi connectivity index (χ3n) is 2.97. The van der Waals surface area contributed by atoms with Crippen LogP contribution in [0.2, 0.25) is 0 Å². The van der Waals surface area contributed by atoms with E-state index in [1.807, 2.05) is 6.07 Å². The van der Waals surface area contributed by atoms with E-state index in [1.54, 1.807) is 6.20 Å². The van der Waals surface area contributed by atoms with Crippen molar-refractivity contribution in [3.63, 3.8) is 0 Å². The molecule has 0 fully saturated rings. The summed E-state index contributed by atoms with van der Waals surface area (Å²) in [5.74, 6) is 0.660. The van der Waals surface area contributed by atoms with Crippen LogP contribution >= 0.6 is 0 Å². The molecule has 0 aromatic carbocycles. The van der Waals surface area contributed by atoms with Gasteiger partial charge in [0.1, 0.15) is 0 Å². The molecule has 17 heavy (non-hydrogen) atoms. The average molecular weight is 238 g/mol. The minimum absolute atomic E-state index is 0.0927. The standard InChI is InChI=1S/C12H22N4O/c1-2-10(5-7-13)3-4-12(17)14-9-11-6-8-15-16-11/h6,8,10H,2-5,7,9,13H2,1H3,(H,14,17)(H,15,16). The molecule has 0 aliphatic rings. The quantitative estimate of drug-likeness (QED) is 0.636. The van der Waals surface area contributed by atoms with Crippen molar-refractivity contribution in [2.24, 2.45) is 11.7 Å². The van der Waals surface area contributed by atoms with Crippen LogP contribution in [0.3, 0.4) is 0 Å². The maximum absolute atomic E-state index is 11.6. The van der Waals surface area contributed by atoms with E-state index in [1.165, 1.54) is 0 Å². The van der Waals surface area contributed by atoms with Crippen molar-refractivity contribution in [3.05, 3.63) is 18.0 Å². The molecule has 0 aliphatic carbocycles. The van der Waals surface area contributed by atoms with Gasteiger partial charge in [-0.15, -0.1) is 0 Å². The summed E-state index contributed by atoms with van der Waals surface area (Å²) in [6.07, 6.45) is 5.26. The second-order valence-electron chi connectivity index (χ2n) is 4.25. The Balaban J connectivity index is 2.16. The van der Waals surface area contributed by atoms with Gasteiger partial charge in [0, 0.05) is 12.6 Å². The Hall–Kier alpha value is -1.36. The van der Waals surface area contributed by atoms with E-state index in [0.29, 0.717) is 25.4 Å². The predicted octanol–water partition coefficient (Wildman–Crippen LogP) is 1.18. The van der Waals surface area contributed by atoms with Crippen LogP contribution in [0, 0.1) is 5.92 Å². The smallest absolute Gasteiger partial charge is 0.220 e. The number of hydrogen-bond donors (Lipinski definition) is 3. The second kappa shape index (κ2) is 7.84. The van der Waals surface area contributed by atoms with Gasteiger partial charge in [-0.3, -0.25) is 9.89 Å². The van der Waals surface area contributed by atoms with Crippen molar-refractivity contribution < 1.29 is 4.79 Å². The fourth-order valence-corrected chi connectivity index (χ4v) is 1.79. The molecular weight excluding hydrogens is 216 g/mol. The minimum atomic E-state index is 0.0927. The minimum Gasteiger partial charge on any atom is -0.350 e. The molecule has 1 heterocycles. The Labute approximate surface area is 102 Å². The van der Waals surface area contributed by atoms with Gasteiger partial charge >= 0.3 is 0 Å². The van der Waals surface area contributed by atoms with Gasteiger partial charge in [0.05, 0.1) is 12.2 Å². The number of nitrogens with zero attached hydrogens (tertiary/aromatic N) is 1. The molecule has 1 aromatic rings. The Morgan fingerprint density at radius 2 is 2.41 bits per heavy atom. The van der Waals surface area contributed by atoms with E-state index in [0.717, 1.165) is 25.0 Å². The fraction of sp³-hybridized carbons (Fsp3) is 0.667. The van der Waals surface area contributed by atoms with Gasteiger partial charge in [-0.2, -0.15) is 5.10 Å². The number of nitrogens with one attached hydrogen (secondary N) is 2. The highest BCUT2D eigenvalue weighted by molar-refractivity contribution is 5.75. The summed E-state index contributed by atoms with van der Waals surface area (Å²) in [6.45, 7) is 3.36. The predicted molar refractivity (Wildman–Crippen MR) is 67.1 cm³/mol. The van der Waals surface area contributed by atoms with Crippen LogP contribution in [0.4, 0.5) is 0 Å². The second-order valence-corrected chi connectivity index (χ2v) is 4.25. The highest BCUT2D eigenvalue weighted by Gasteiger charge is 2.08. The molecule has 1 aromatic heterocycles. The van der Waals surface area contributed by atoms with Crippen LogP contribution in [-0.4, -0.2) is 22.6 Å². The molecule has 5 heteroatoms. The number of carbonyl (C=O) groups is 1. The van der Waals surface area contributed by atoms with Gasteiger partial charge < -0.3 is 11.1 Å². The zero-order valence-electron chi connectivity index (χ0n) is 10.4. The summed E-state index contributed by atoms with van der Waals surface area (Å²) < 4.78 is 0. The molecular formula is C12H22N4O. The Morgan fingerprint density at radius 1 is 1.59 bits per heavy atom. The van der Waals surface area contributed by atoms with Gasteiger partial charge in [-0.1, -0.05) is 13.3 Å². The monoisotopic (exact) mass is 238 g/mol. The normalized spacial score (nSPS) is 12.4. The zero-order chi connectivity index (χ0) is 12.5. The van der Waals surface area contributed by atoms with Crippen LogP contribution in [0.15, 0.2) is 12.3 Å². The fourth-order valence-electron chi connectivity index (χ4n) is 1.79. The van der Waals surface area contributed by atoms with E-state index in [9.17, 15) is 4.79 Å². The first kappa shape index (κ1) is 13.7. The lowest BCUT2D eigenvalue weighted by Crippen LogP contribution is -2.23. The van der Waals surface area contributed by atoms with Gasteiger partial charge in [-0.05, 0) is 31.4 Å². The molecule has 1 rings (SSSR count). The molecule has 4 N–H and O–H groups in total. The van der Waals surface area contributed by atoms with Crippen LogP contribution in [0.5, 0.6) is 0 Å². The lowest BCUT2D eigenvalue weighted by atomic mass is 9.96. The third kappa shape index (κ3) is 5.49. The van der Waals surface area contributed by atoms with E-state index >= 15 is 0 Å². The summed E-state index contributed by atoms with van der Waals surface area (Å²) in [6, 6.07) is 1.85. The maximum Gasteiger partial charge on any atom is 0.220 e. The number of carbonyl (C=O) groups excluding carboxylic acids is 1. The average Bonchev–Trinajstić information content (AvgIpc) is 2.85. The SMILES string of the molecule is CCC(CCN)CCC(=O)NCc1ccn[nH]1. The first-order chi connectivity index (χ1) is 8.26. The highest BCUT2D eigenvalue weighted by Crippen LogP contribution is 2.14. The number of aromatic amines is 1. The van der Waals surface area contributed by atoms with Crippen LogP contribution in [0.25, 0.3) is 0 Å². The number of hydrogen-bond acceptors (Lipinski definition) is 3. The Morgan fingerprint density at radius 3 is 3.00 bits per heavy atom. The summed E-state index contributed by atoms with van der Waals surface area (Å²) in [4.78, 5) is 11.6. The first-order valence-corrected chi connectivity index (χ1v) is 6.21. The summed E-state index contributed by atoms with van der Waals surface area (Å²) in [5.41, 5.74) is 6.45. The van der Waals surface area contributed by atoms with E-state index < -0.39 is 0 Å². The van der Waals surface area contributed by atoms with Crippen LogP contribution < -0.4 is 11.1 Å². The van der Waals surface area contributed by atoms with Crippen molar-refractivity contribution in [1.82, 2.24) is 15.5 Å². The molecule has 96 valence electrons. The number of nitrogens with two attached hydrogens (primary N) is 1. The number of amides is 1. The van der Waals surface area contributed by atoms with Gasteiger partial charge in [0.2, 0.25) is 5.91 Å². The molecule has 0 aliphatic heterocycles. The molecule has 0 spiro atoms. The largest absolute Gasteiger partial charge is 0.350 e. The summed E-state index contributed by atoms with van der Waals surface area (Å²) in [5, 5.41) is 9.49. The van der Waals surface area contributed by atoms with E-state index in [4.69, 9.17) is 5.73 Å². The number of aromatic nitrogens is 2. The van der Waals surface area contributed by atoms with Gasteiger partial charge in [0.25, 0.3) is 0 Å². The zero-order valence-corrected chi connectivity index (χ0v) is 10.4. The number of H-pyrrole nitrogens is 1. The Kier molecular flexibility index (Phi) is 6.32. The first-order valence-electron chi connectivity index (χ1n) is 6.21. The van der Waals surface area contributed by atoms with Crippen molar-refractivity contribution in [2.75, 3.05) is 6.54 Å². The molecule has 0 saturated carbocycles. The molecule has 5 nitrogen and oxygen atoms in total. The van der Waals surface area contributed by atoms with Crippen molar-refractivity contribution in [3.8, 4) is 0 Å². The number of rotatable bonds is 8. The van der Waals surface area contributed by atoms with Crippen molar-refractivity contribution in [1.29, 1.82) is 0 Å². The van der Waals surface area contributed by atoms with Gasteiger partial charge in [0.15, 0.2) is 0 Å². The van der Waals surface area contributed by atoms with E-state index in [-0.39, 0.29) is 5.91 Å². The topological polar surface area (TPSA) is 83.8 Å². The van der Waals surface area contributed by atoms with Crippen molar-refractivity contribution >= 4 is 5.91 Å². The Bertz CT molecular complexity index is 310. The molecule has 0 bridgehead atoms. The van der Waals surface area contributed by atoms with Crippen molar-refractivity contribution in [2.45, 2.75) is 39.2 Å². The summed E-state index contributed by atoms with van der Waals surface area (Å²) in [7, 11) is 0. The van der Waals surface area contributed by atoms with Gasteiger partial charge in [-0.25, -0.2) is 0 Å². The van der Waals surface area contributed by atoms with Crippen LogP contribution in [0.1, 0.15) is 38.3 Å². The van der Waals surface area contributed by atoms with Crippen LogP contribution in [-0.2, 0) is 11.3 Å².